The van der Waals surface area contributed by atoms with Crippen LogP contribution < -0.4 is 0 Å². The fourth-order valence-electron chi connectivity index (χ4n) is 2.08. The van der Waals surface area contributed by atoms with Gasteiger partial charge in [0, 0.05) is 0 Å². The largest absolute Gasteiger partial charge is 0.393 e. The predicted octanol–water partition coefficient (Wildman–Crippen LogP) is 2.00. The van der Waals surface area contributed by atoms with E-state index in [4.69, 9.17) is 4.18 Å². The molecule has 0 atom stereocenters. The molecule has 0 spiro atoms. The fourth-order valence-corrected chi connectivity index (χ4v) is 3.21. The summed E-state index contributed by atoms with van der Waals surface area (Å²) in [4.78, 5) is 0.194. The molecule has 18 heavy (non-hydrogen) atoms. The lowest BCUT2D eigenvalue weighted by molar-refractivity contribution is 0.0695. The summed E-state index contributed by atoms with van der Waals surface area (Å²) in [5.74, 6) is 0. The minimum atomic E-state index is -3.68. The van der Waals surface area contributed by atoms with E-state index in [0.29, 0.717) is 25.7 Å². The van der Waals surface area contributed by atoms with Gasteiger partial charge in [-0.2, -0.15) is 8.42 Å². The Morgan fingerprint density at radius 1 is 1.11 bits per heavy atom. The molecule has 0 radical (unpaired) electrons. The van der Waals surface area contributed by atoms with Crippen molar-refractivity contribution in [3.05, 3.63) is 29.8 Å². The summed E-state index contributed by atoms with van der Waals surface area (Å²) in [5.41, 5.74) is 1.01. The summed E-state index contributed by atoms with van der Waals surface area (Å²) >= 11 is 0. The van der Waals surface area contributed by atoms with Crippen LogP contribution in [-0.2, 0) is 14.3 Å². The van der Waals surface area contributed by atoms with Crippen LogP contribution in [0, 0.1) is 6.92 Å². The molecule has 0 saturated heterocycles. The number of benzene rings is 1. The quantitative estimate of drug-likeness (QED) is 0.853. The molecule has 1 aromatic carbocycles. The maximum atomic E-state index is 12.0. The second-order valence-electron chi connectivity index (χ2n) is 4.79. The molecule has 5 heteroatoms. The van der Waals surface area contributed by atoms with Crippen LogP contribution in [0.25, 0.3) is 0 Å². The molecule has 1 fully saturated rings. The lowest BCUT2D eigenvalue weighted by atomic mass is 9.95. The first-order valence-corrected chi connectivity index (χ1v) is 7.56. The lowest BCUT2D eigenvalue weighted by Gasteiger charge is -2.24. The predicted molar refractivity (Wildman–Crippen MR) is 67.7 cm³/mol. The molecular weight excluding hydrogens is 252 g/mol. The Labute approximate surface area is 108 Å². The third kappa shape index (κ3) is 3.31. The topological polar surface area (TPSA) is 63.6 Å². The molecule has 1 aromatic rings. The smallest absolute Gasteiger partial charge is 0.297 e. The molecule has 2 rings (SSSR count). The monoisotopic (exact) mass is 270 g/mol. The van der Waals surface area contributed by atoms with Gasteiger partial charge in [0.1, 0.15) is 0 Å². The third-order valence-electron chi connectivity index (χ3n) is 3.22. The summed E-state index contributed by atoms with van der Waals surface area (Å²) in [6, 6.07) is 6.62. The molecule has 0 aliphatic heterocycles. The molecule has 0 heterocycles. The van der Waals surface area contributed by atoms with Gasteiger partial charge >= 0.3 is 0 Å². The fraction of sp³-hybridized carbons (Fsp3) is 0.538. The highest BCUT2D eigenvalue weighted by atomic mass is 32.2. The Morgan fingerprint density at radius 3 is 2.22 bits per heavy atom. The minimum absolute atomic E-state index is 0.194. The van der Waals surface area contributed by atoms with Crippen molar-refractivity contribution in [2.24, 2.45) is 0 Å². The summed E-state index contributed by atoms with van der Waals surface area (Å²) in [6.07, 6.45) is 1.77. The number of hydrogen-bond donors (Lipinski definition) is 1. The molecule has 1 aliphatic carbocycles. The molecule has 0 unspecified atom stereocenters. The van der Waals surface area contributed by atoms with Crippen molar-refractivity contribution in [3.8, 4) is 0 Å². The number of hydrogen-bond acceptors (Lipinski definition) is 4. The second-order valence-corrected chi connectivity index (χ2v) is 6.37. The van der Waals surface area contributed by atoms with Crippen LogP contribution in [0.2, 0.25) is 0 Å². The van der Waals surface area contributed by atoms with Gasteiger partial charge in [-0.3, -0.25) is 4.18 Å². The van der Waals surface area contributed by atoms with Crippen LogP contribution >= 0.6 is 0 Å². The Kier molecular flexibility index (Phi) is 4.04. The van der Waals surface area contributed by atoms with Crippen molar-refractivity contribution < 1.29 is 17.7 Å². The second kappa shape index (κ2) is 5.38. The summed E-state index contributed by atoms with van der Waals surface area (Å²) in [7, 11) is -3.68. The van der Waals surface area contributed by atoms with Gasteiger partial charge in [0.05, 0.1) is 17.1 Å². The van der Waals surface area contributed by atoms with Gasteiger partial charge in [0.15, 0.2) is 0 Å². The molecule has 100 valence electrons. The molecule has 0 bridgehead atoms. The first-order valence-electron chi connectivity index (χ1n) is 6.15. The van der Waals surface area contributed by atoms with E-state index in [1.807, 2.05) is 6.92 Å². The Hall–Kier alpha value is -0.910. The lowest BCUT2D eigenvalue weighted by Crippen LogP contribution is -2.26. The van der Waals surface area contributed by atoms with E-state index in [2.05, 4.69) is 0 Å². The first-order chi connectivity index (χ1) is 8.47. The molecule has 4 nitrogen and oxygen atoms in total. The molecule has 0 aromatic heterocycles. The molecule has 1 saturated carbocycles. The highest BCUT2D eigenvalue weighted by molar-refractivity contribution is 7.86. The number of aliphatic hydroxyl groups is 1. The van der Waals surface area contributed by atoms with Crippen molar-refractivity contribution in [1.82, 2.24) is 0 Å². The van der Waals surface area contributed by atoms with E-state index in [9.17, 15) is 13.5 Å². The zero-order valence-electron chi connectivity index (χ0n) is 10.4. The van der Waals surface area contributed by atoms with E-state index in [0.717, 1.165) is 5.56 Å². The van der Waals surface area contributed by atoms with Crippen molar-refractivity contribution >= 4 is 10.1 Å². The van der Waals surface area contributed by atoms with Crippen LogP contribution in [0.4, 0.5) is 0 Å². The van der Waals surface area contributed by atoms with Gasteiger partial charge in [-0.05, 0) is 44.7 Å². The Bertz CT molecular complexity index is 484. The normalized spacial score (nSPS) is 25.0. The Balaban J connectivity index is 2.05. The maximum Gasteiger partial charge on any atom is 0.297 e. The van der Waals surface area contributed by atoms with Crippen molar-refractivity contribution in [3.63, 3.8) is 0 Å². The van der Waals surface area contributed by atoms with Crippen molar-refractivity contribution in [2.75, 3.05) is 0 Å². The van der Waals surface area contributed by atoms with Gasteiger partial charge < -0.3 is 5.11 Å². The van der Waals surface area contributed by atoms with E-state index < -0.39 is 10.1 Å². The van der Waals surface area contributed by atoms with E-state index in [1.165, 1.54) is 0 Å². The van der Waals surface area contributed by atoms with Gasteiger partial charge in [0.25, 0.3) is 10.1 Å². The van der Waals surface area contributed by atoms with Crippen molar-refractivity contribution in [1.29, 1.82) is 0 Å². The van der Waals surface area contributed by atoms with Crippen LogP contribution in [0.1, 0.15) is 31.2 Å². The van der Waals surface area contributed by atoms with E-state index in [1.54, 1.807) is 24.3 Å². The van der Waals surface area contributed by atoms with Gasteiger partial charge in [0.2, 0.25) is 0 Å². The molecule has 1 aliphatic rings. The standard InChI is InChI=1S/C13H18O4S/c1-10-2-8-13(9-3-10)18(15,16)17-12-6-4-11(14)5-7-12/h2-3,8-9,11-12,14H,4-7H2,1H3/t11-,12-. The van der Waals surface area contributed by atoms with Gasteiger partial charge in [-0.25, -0.2) is 0 Å². The van der Waals surface area contributed by atoms with Crippen LogP contribution in [0.5, 0.6) is 0 Å². The molecule has 0 amide bonds. The summed E-state index contributed by atoms with van der Waals surface area (Å²) in [6.45, 7) is 1.90. The SMILES string of the molecule is Cc1ccc(S(=O)(=O)O[C@H]2CC[C@H](O)CC2)cc1. The number of aryl methyl sites for hydroxylation is 1. The van der Waals surface area contributed by atoms with E-state index >= 15 is 0 Å². The zero-order valence-corrected chi connectivity index (χ0v) is 11.2. The third-order valence-corrected chi connectivity index (χ3v) is 4.59. The van der Waals surface area contributed by atoms with Gasteiger partial charge in [-0.15, -0.1) is 0 Å². The average Bonchev–Trinajstić information content (AvgIpc) is 2.32. The number of aliphatic hydroxyl groups excluding tert-OH is 1. The summed E-state index contributed by atoms with van der Waals surface area (Å²) < 4.78 is 29.2. The highest BCUT2D eigenvalue weighted by Crippen LogP contribution is 2.25. The van der Waals surface area contributed by atoms with Crippen LogP contribution in [0.3, 0.4) is 0 Å². The molecular formula is C13H18O4S. The van der Waals surface area contributed by atoms with Crippen molar-refractivity contribution in [2.45, 2.75) is 49.7 Å². The first kappa shape index (κ1) is 13.5. The highest BCUT2D eigenvalue weighted by Gasteiger charge is 2.26. The average molecular weight is 270 g/mol. The van der Waals surface area contributed by atoms with Crippen LogP contribution in [-0.4, -0.2) is 25.7 Å². The molecule has 1 N–H and O–H groups in total. The minimum Gasteiger partial charge on any atom is -0.393 e. The van der Waals surface area contributed by atoms with E-state index in [-0.39, 0.29) is 17.1 Å². The van der Waals surface area contributed by atoms with Gasteiger partial charge in [-0.1, -0.05) is 17.7 Å². The summed E-state index contributed by atoms with van der Waals surface area (Å²) in [5, 5.41) is 9.37. The zero-order chi connectivity index (χ0) is 13.2. The number of rotatable bonds is 3. The maximum absolute atomic E-state index is 12.0. The van der Waals surface area contributed by atoms with Crippen LogP contribution in [0.15, 0.2) is 29.2 Å². The Morgan fingerprint density at radius 2 is 1.67 bits per heavy atom.